The molecule has 6 nitrogen and oxygen atoms in total. The van der Waals surface area contributed by atoms with Crippen LogP contribution < -0.4 is 10.6 Å². The number of hydrogen-bond donors (Lipinski definition) is 3. The Kier molecular flexibility index (Phi) is 5.19. The second-order valence-corrected chi connectivity index (χ2v) is 7.32. The van der Waals surface area contributed by atoms with E-state index < -0.39 is 41.1 Å². The highest BCUT2D eigenvalue weighted by molar-refractivity contribution is 6.07. The number of amides is 2. The lowest BCUT2D eigenvalue weighted by Crippen LogP contribution is -2.35. The van der Waals surface area contributed by atoms with Gasteiger partial charge in [-0.05, 0) is 30.7 Å². The van der Waals surface area contributed by atoms with Gasteiger partial charge >= 0.3 is 6.18 Å². The molecule has 4 rings (SSSR count). The summed E-state index contributed by atoms with van der Waals surface area (Å²) in [6.07, 6.45) is -3.87. The summed E-state index contributed by atoms with van der Waals surface area (Å²) < 4.78 is 67.7. The Morgan fingerprint density at radius 1 is 1.16 bits per heavy atom. The number of anilines is 1. The van der Waals surface area contributed by atoms with Gasteiger partial charge in [0.05, 0.1) is 23.0 Å². The minimum absolute atomic E-state index is 0.0592. The van der Waals surface area contributed by atoms with Crippen LogP contribution in [0.4, 0.5) is 27.6 Å². The molecule has 3 aromatic rings. The maximum Gasteiger partial charge on any atom is 0.419 e. The lowest BCUT2D eigenvalue weighted by molar-refractivity contribution is -0.140. The van der Waals surface area contributed by atoms with E-state index in [-0.39, 0.29) is 28.9 Å². The molecule has 0 spiro atoms. The van der Waals surface area contributed by atoms with E-state index in [9.17, 15) is 31.5 Å². The van der Waals surface area contributed by atoms with Crippen molar-refractivity contribution in [2.75, 3.05) is 5.32 Å². The minimum Gasteiger partial charge on any atom is -0.330 e. The zero-order chi connectivity index (χ0) is 23.2. The van der Waals surface area contributed by atoms with Gasteiger partial charge in [-0.3, -0.25) is 14.7 Å². The SMILES string of the molecule is CC1=C(C(=O)Nc2cc3cn[nH]c3cc2F)C(c2ccc(F)c(C(F)(F)F)c2)CC(=O)N1. The number of nitrogens with one attached hydrogen (secondary N) is 3. The molecular weight excluding hydrogens is 435 g/mol. The van der Waals surface area contributed by atoms with Gasteiger partial charge in [-0.25, -0.2) is 8.78 Å². The zero-order valence-electron chi connectivity index (χ0n) is 16.4. The van der Waals surface area contributed by atoms with Crippen LogP contribution in [-0.4, -0.2) is 22.0 Å². The number of allylic oxidation sites excluding steroid dienone is 1. The number of benzene rings is 2. The van der Waals surface area contributed by atoms with Gasteiger partial charge < -0.3 is 10.6 Å². The van der Waals surface area contributed by atoms with Crippen LogP contribution >= 0.6 is 0 Å². The van der Waals surface area contributed by atoms with Gasteiger partial charge in [0.25, 0.3) is 5.91 Å². The van der Waals surface area contributed by atoms with Gasteiger partial charge in [-0.2, -0.15) is 18.3 Å². The molecular formula is C21H15F5N4O2. The summed E-state index contributed by atoms with van der Waals surface area (Å²) in [6, 6.07) is 4.79. The van der Waals surface area contributed by atoms with Gasteiger partial charge in [0, 0.05) is 35.1 Å². The number of H-pyrrole nitrogens is 1. The van der Waals surface area contributed by atoms with Crippen LogP contribution in [0.3, 0.4) is 0 Å². The average molecular weight is 450 g/mol. The van der Waals surface area contributed by atoms with Crippen molar-refractivity contribution >= 4 is 28.4 Å². The normalized spacial score (nSPS) is 16.9. The third kappa shape index (κ3) is 3.93. The molecule has 0 saturated carbocycles. The Labute approximate surface area is 177 Å². The van der Waals surface area contributed by atoms with Crippen LogP contribution in [0.25, 0.3) is 10.9 Å². The summed E-state index contributed by atoms with van der Waals surface area (Å²) in [4.78, 5) is 25.1. The number of aromatic nitrogens is 2. The van der Waals surface area contributed by atoms with Gasteiger partial charge in [-0.15, -0.1) is 0 Å². The molecule has 166 valence electrons. The molecule has 2 amide bonds. The molecule has 0 saturated heterocycles. The van der Waals surface area contributed by atoms with Gasteiger partial charge in [-0.1, -0.05) is 6.07 Å². The van der Waals surface area contributed by atoms with Crippen LogP contribution in [0, 0.1) is 11.6 Å². The van der Waals surface area contributed by atoms with Crippen LogP contribution in [-0.2, 0) is 15.8 Å². The van der Waals surface area contributed by atoms with E-state index in [1.807, 2.05) is 0 Å². The fourth-order valence-electron chi connectivity index (χ4n) is 3.72. The number of fused-ring (bicyclic) bond motifs is 1. The molecule has 11 heteroatoms. The Morgan fingerprint density at radius 3 is 2.62 bits per heavy atom. The molecule has 0 bridgehead atoms. The second kappa shape index (κ2) is 7.74. The fraction of sp³-hybridized carbons (Fsp3) is 0.190. The van der Waals surface area contributed by atoms with Crippen molar-refractivity contribution in [2.24, 2.45) is 0 Å². The summed E-state index contributed by atoms with van der Waals surface area (Å²) in [7, 11) is 0. The van der Waals surface area contributed by atoms with Crippen LogP contribution in [0.1, 0.15) is 30.4 Å². The number of halogens is 5. The van der Waals surface area contributed by atoms with Crippen molar-refractivity contribution in [1.29, 1.82) is 0 Å². The van der Waals surface area contributed by atoms with Crippen molar-refractivity contribution in [3.05, 3.63) is 70.6 Å². The predicted molar refractivity (Wildman–Crippen MR) is 104 cm³/mol. The third-order valence-corrected chi connectivity index (χ3v) is 5.19. The summed E-state index contributed by atoms with van der Waals surface area (Å²) >= 11 is 0. The highest BCUT2D eigenvalue weighted by Crippen LogP contribution is 2.38. The lowest BCUT2D eigenvalue weighted by Gasteiger charge is -2.27. The maximum atomic E-state index is 14.4. The largest absolute Gasteiger partial charge is 0.419 e. The van der Waals surface area contributed by atoms with E-state index in [0.717, 1.165) is 12.1 Å². The van der Waals surface area contributed by atoms with Gasteiger partial charge in [0.1, 0.15) is 11.6 Å². The van der Waals surface area contributed by atoms with E-state index in [2.05, 4.69) is 20.8 Å². The predicted octanol–water partition coefficient (Wildman–Crippen LogP) is 4.38. The Balaban J connectivity index is 1.73. The highest BCUT2D eigenvalue weighted by Gasteiger charge is 2.37. The van der Waals surface area contributed by atoms with Gasteiger partial charge in [0.2, 0.25) is 5.91 Å². The molecule has 32 heavy (non-hydrogen) atoms. The van der Waals surface area contributed by atoms with Crippen molar-refractivity contribution in [1.82, 2.24) is 15.5 Å². The third-order valence-electron chi connectivity index (χ3n) is 5.19. The minimum atomic E-state index is -4.96. The van der Waals surface area contributed by atoms with Crippen molar-refractivity contribution < 1.29 is 31.5 Å². The summed E-state index contributed by atoms with van der Waals surface area (Å²) in [5.74, 6) is -4.65. The molecule has 3 N–H and O–H groups in total. The van der Waals surface area contributed by atoms with Crippen LogP contribution in [0.2, 0.25) is 0 Å². The number of rotatable bonds is 3. The van der Waals surface area contributed by atoms with E-state index >= 15 is 0 Å². The van der Waals surface area contributed by atoms with E-state index in [4.69, 9.17) is 0 Å². The molecule has 0 fully saturated rings. The first-order chi connectivity index (χ1) is 15.0. The number of carbonyl (C=O) groups is 2. The van der Waals surface area contributed by atoms with Crippen LogP contribution in [0.5, 0.6) is 0 Å². The summed E-state index contributed by atoms with van der Waals surface area (Å²) in [6.45, 7) is 1.41. The number of carbonyl (C=O) groups excluding carboxylic acids is 2. The number of alkyl halides is 3. The van der Waals surface area contributed by atoms with Crippen molar-refractivity contribution in [3.63, 3.8) is 0 Å². The first kappa shape index (κ1) is 21.5. The smallest absolute Gasteiger partial charge is 0.330 e. The van der Waals surface area contributed by atoms with E-state index in [0.29, 0.717) is 23.0 Å². The number of aromatic amines is 1. The second-order valence-electron chi connectivity index (χ2n) is 7.32. The van der Waals surface area contributed by atoms with Crippen molar-refractivity contribution in [3.8, 4) is 0 Å². The molecule has 1 unspecified atom stereocenters. The van der Waals surface area contributed by atoms with Gasteiger partial charge in [0.15, 0.2) is 0 Å². The standard InChI is InChI=1S/C21H15F5N4O2/c1-9-19(20(32)29-17-5-11-8-27-30-16(11)7-15(17)23)12(6-18(31)28-9)10-2-3-14(22)13(4-10)21(24,25)26/h2-5,7-8,12H,6H2,1H3,(H,27,30)(H,28,31)(H,29,32). The van der Waals surface area contributed by atoms with E-state index in [1.165, 1.54) is 19.2 Å². The first-order valence-electron chi connectivity index (χ1n) is 9.36. The summed E-state index contributed by atoms with van der Waals surface area (Å²) in [5.41, 5.74) is -1.29. The molecule has 1 aliphatic heterocycles. The molecule has 2 heterocycles. The lowest BCUT2D eigenvalue weighted by atomic mass is 9.83. The summed E-state index contributed by atoms with van der Waals surface area (Å²) in [5, 5.41) is 11.8. The maximum absolute atomic E-state index is 14.4. The number of nitrogens with zero attached hydrogens (tertiary/aromatic N) is 1. The monoisotopic (exact) mass is 450 g/mol. The van der Waals surface area contributed by atoms with E-state index in [1.54, 1.807) is 0 Å². The Hall–Kier alpha value is -3.76. The first-order valence-corrected chi connectivity index (χ1v) is 9.36. The quantitative estimate of drug-likeness (QED) is 0.518. The average Bonchev–Trinajstić information content (AvgIpc) is 3.14. The highest BCUT2D eigenvalue weighted by atomic mass is 19.4. The Bertz CT molecular complexity index is 1280. The molecule has 0 aliphatic carbocycles. The molecule has 0 radical (unpaired) electrons. The van der Waals surface area contributed by atoms with Crippen LogP contribution in [0.15, 0.2) is 47.8 Å². The molecule has 2 aromatic carbocycles. The fourth-order valence-corrected chi connectivity index (χ4v) is 3.72. The molecule has 1 atom stereocenters. The number of hydrogen-bond acceptors (Lipinski definition) is 3. The van der Waals surface area contributed by atoms with Crippen molar-refractivity contribution in [2.45, 2.75) is 25.4 Å². The topological polar surface area (TPSA) is 86.9 Å². The molecule has 1 aliphatic rings. The molecule has 1 aromatic heterocycles. The zero-order valence-corrected chi connectivity index (χ0v) is 16.4. The Morgan fingerprint density at radius 2 is 1.91 bits per heavy atom.